The number of nitrogens with zero attached hydrogens (tertiary/aromatic N) is 1. The zero-order valence-electron chi connectivity index (χ0n) is 12.4. The molecule has 0 aromatic rings. The molecule has 0 radical (unpaired) electrons. The summed E-state index contributed by atoms with van der Waals surface area (Å²) in [5.74, 6) is 0.752. The van der Waals surface area contributed by atoms with E-state index in [0.717, 1.165) is 25.6 Å². The third kappa shape index (κ3) is 4.77. The number of likely N-dealkylation sites (tertiary alicyclic amines) is 1. The van der Waals surface area contributed by atoms with E-state index in [-0.39, 0.29) is 12.0 Å². The number of carbonyl (C=O) groups excluding carboxylic acids is 1. The van der Waals surface area contributed by atoms with Gasteiger partial charge in [-0.15, -0.1) is 0 Å². The molecule has 0 amide bonds. The first kappa shape index (κ1) is 14.8. The van der Waals surface area contributed by atoms with E-state index in [0.29, 0.717) is 12.6 Å². The van der Waals surface area contributed by atoms with E-state index in [2.05, 4.69) is 17.1 Å². The van der Waals surface area contributed by atoms with E-state index < -0.39 is 0 Å². The zero-order valence-corrected chi connectivity index (χ0v) is 12.4. The van der Waals surface area contributed by atoms with Gasteiger partial charge in [-0.05, 0) is 45.1 Å². The van der Waals surface area contributed by atoms with Gasteiger partial charge in [0.1, 0.15) is 6.04 Å². The average Bonchev–Trinajstić information content (AvgIpc) is 3.09. The summed E-state index contributed by atoms with van der Waals surface area (Å²) in [6.45, 7) is 7.69. The zero-order chi connectivity index (χ0) is 13.7. The average molecular weight is 268 g/mol. The van der Waals surface area contributed by atoms with Gasteiger partial charge in [-0.3, -0.25) is 4.79 Å². The second-order valence-corrected chi connectivity index (χ2v) is 5.95. The summed E-state index contributed by atoms with van der Waals surface area (Å²) < 4.78 is 5.19. The van der Waals surface area contributed by atoms with Crippen molar-refractivity contribution in [3.8, 4) is 0 Å². The summed E-state index contributed by atoms with van der Waals surface area (Å²) in [5.41, 5.74) is 0. The van der Waals surface area contributed by atoms with Crippen molar-refractivity contribution in [3.63, 3.8) is 0 Å². The third-order valence-electron chi connectivity index (χ3n) is 4.09. The minimum absolute atomic E-state index is 0.0756. The van der Waals surface area contributed by atoms with Crippen molar-refractivity contribution < 1.29 is 9.53 Å². The molecule has 4 heteroatoms. The number of nitrogens with one attached hydrogen (secondary N) is 1. The molecule has 1 saturated carbocycles. The van der Waals surface area contributed by atoms with Gasteiger partial charge in [0.2, 0.25) is 0 Å². The lowest BCUT2D eigenvalue weighted by Gasteiger charge is -2.23. The molecule has 2 unspecified atom stereocenters. The fourth-order valence-electron chi connectivity index (χ4n) is 2.95. The Bertz CT molecular complexity index is 292. The Kier molecular flexibility index (Phi) is 5.64. The first-order valence-corrected chi connectivity index (χ1v) is 7.88. The predicted molar refractivity (Wildman–Crippen MR) is 76.0 cm³/mol. The van der Waals surface area contributed by atoms with E-state index in [1.807, 2.05) is 6.92 Å². The third-order valence-corrected chi connectivity index (χ3v) is 4.09. The highest BCUT2D eigenvalue weighted by molar-refractivity contribution is 5.76. The van der Waals surface area contributed by atoms with Crippen molar-refractivity contribution in [1.29, 1.82) is 0 Å². The Hall–Kier alpha value is -0.610. The minimum Gasteiger partial charge on any atom is -0.465 e. The molecule has 1 aliphatic heterocycles. The van der Waals surface area contributed by atoms with Gasteiger partial charge in [-0.2, -0.15) is 0 Å². The van der Waals surface area contributed by atoms with Crippen molar-refractivity contribution in [3.05, 3.63) is 0 Å². The summed E-state index contributed by atoms with van der Waals surface area (Å²) in [6.07, 6.45) is 6.27. The summed E-state index contributed by atoms with van der Waals surface area (Å²) in [5, 5.41) is 3.43. The van der Waals surface area contributed by atoms with Gasteiger partial charge in [0, 0.05) is 19.1 Å². The topological polar surface area (TPSA) is 41.6 Å². The van der Waals surface area contributed by atoms with E-state index in [1.165, 1.54) is 32.1 Å². The smallest absolute Gasteiger partial charge is 0.324 e. The monoisotopic (exact) mass is 268 g/mol. The molecule has 1 aliphatic carbocycles. The molecular formula is C15H28N2O2. The number of ether oxygens (including phenoxy) is 1. The van der Waals surface area contributed by atoms with Crippen LogP contribution < -0.4 is 5.32 Å². The van der Waals surface area contributed by atoms with Crippen LogP contribution in [0, 0.1) is 5.92 Å². The molecule has 2 fully saturated rings. The number of hydrogen-bond acceptors (Lipinski definition) is 4. The second-order valence-electron chi connectivity index (χ2n) is 5.95. The van der Waals surface area contributed by atoms with Gasteiger partial charge < -0.3 is 15.0 Å². The maximum atomic E-state index is 12.0. The highest BCUT2D eigenvalue weighted by Gasteiger charge is 2.32. The van der Waals surface area contributed by atoms with Gasteiger partial charge in [-0.1, -0.05) is 13.3 Å². The molecule has 2 rings (SSSR count). The normalized spacial score (nSPS) is 25.5. The standard InChI is InChI=1S/C15H28N2O2/c1-3-5-12-8-9-17(10-12)11-14(15(18)19-4-2)16-13-6-7-13/h12-14,16H,3-11H2,1-2H3. The van der Waals surface area contributed by atoms with Crippen molar-refractivity contribution in [1.82, 2.24) is 10.2 Å². The van der Waals surface area contributed by atoms with Crippen LogP contribution in [-0.4, -0.2) is 49.2 Å². The SMILES string of the molecule is CCCC1CCN(CC(NC2CC2)C(=O)OCC)C1. The molecule has 19 heavy (non-hydrogen) atoms. The molecule has 2 aliphatic rings. The molecular weight excluding hydrogens is 240 g/mol. The molecule has 0 aromatic heterocycles. The van der Waals surface area contributed by atoms with Crippen LogP contribution in [0.4, 0.5) is 0 Å². The van der Waals surface area contributed by atoms with E-state index in [4.69, 9.17) is 4.74 Å². The molecule has 110 valence electrons. The van der Waals surface area contributed by atoms with E-state index >= 15 is 0 Å². The van der Waals surface area contributed by atoms with Crippen LogP contribution in [0.2, 0.25) is 0 Å². The first-order valence-electron chi connectivity index (χ1n) is 7.88. The molecule has 2 atom stereocenters. The Morgan fingerprint density at radius 2 is 2.16 bits per heavy atom. The quantitative estimate of drug-likeness (QED) is 0.682. The first-order chi connectivity index (χ1) is 9.22. The molecule has 1 saturated heterocycles. The number of hydrogen-bond donors (Lipinski definition) is 1. The lowest BCUT2D eigenvalue weighted by atomic mass is 10.0. The van der Waals surface area contributed by atoms with Crippen LogP contribution in [0.15, 0.2) is 0 Å². The molecule has 1 heterocycles. The van der Waals surface area contributed by atoms with E-state index in [9.17, 15) is 4.79 Å². The maximum absolute atomic E-state index is 12.0. The Balaban J connectivity index is 1.79. The van der Waals surface area contributed by atoms with Crippen LogP contribution in [0.3, 0.4) is 0 Å². The fourth-order valence-corrected chi connectivity index (χ4v) is 2.95. The summed E-state index contributed by atoms with van der Waals surface area (Å²) >= 11 is 0. The van der Waals surface area contributed by atoms with E-state index in [1.54, 1.807) is 0 Å². The van der Waals surface area contributed by atoms with Crippen LogP contribution in [0.5, 0.6) is 0 Å². The van der Waals surface area contributed by atoms with Gasteiger partial charge >= 0.3 is 5.97 Å². The largest absolute Gasteiger partial charge is 0.465 e. The van der Waals surface area contributed by atoms with Crippen LogP contribution in [0.25, 0.3) is 0 Å². The molecule has 0 spiro atoms. The summed E-state index contributed by atoms with van der Waals surface area (Å²) in [6, 6.07) is 0.413. The molecule has 0 aromatic carbocycles. The Morgan fingerprint density at radius 1 is 1.37 bits per heavy atom. The summed E-state index contributed by atoms with van der Waals surface area (Å²) in [7, 11) is 0. The lowest BCUT2D eigenvalue weighted by molar-refractivity contribution is -0.146. The van der Waals surface area contributed by atoms with Gasteiger partial charge in [0.15, 0.2) is 0 Å². The maximum Gasteiger partial charge on any atom is 0.324 e. The molecule has 0 bridgehead atoms. The van der Waals surface area contributed by atoms with Gasteiger partial charge in [0.25, 0.3) is 0 Å². The van der Waals surface area contributed by atoms with Gasteiger partial charge in [0.05, 0.1) is 6.61 Å². The summed E-state index contributed by atoms with van der Waals surface area (Å²) in [4.78, 5) is 14.4. The Labute approximate surface area is 116 Å². The van der Waals surface area contributed by atoms with Crippen LogP contribution in [-0.2, 0) is 9.53 Å². The lowest BCUT2D eigenvalue weighted by Crippen LogP contribution is -2.47. The number of esters is 1. The fraction of sp³-hybridized carbons (Fsp3) is 0.933. The minimum atomic E-state index is -0.132. The van der Waals surface area contributed by atoms with Crippen LogP contribution in [0.1, 0.15) is 46.0 Å². The highest BCUT2D eigenvalue weighted by Crippen LogP contribution is 2.23. The number of rotatable bonds is 8. The predicted octanol–water partition coefficient (Wildman–Crippen LogP) is 1.79. The van der Waals surface area contributed by atoms with Crippen molar-refractivity contribution >= 4 is 5.97 Å². The van der Waals surface area contributed by atoms with Crippen molar-refractivity contribution in [2.75, 3.05) is 26.2 Å². The van der Waals surface area contributed by atoms with Gasteiger partial charge in [-0.25, -0.2) is 0 Å². The second kappa shape index (κ2) is 7.25. The highest BCUT2D eigenvalue weighted by atomic mass is 16.5. The van der Waals surface area contributed by atoms with Crippen LogP contribution >= 0.6 is 0 Å². The Morgan fingerprint density at radius 3 is 2.79 bits per heavy atom. The van der Waals surface area contributed by atoms with Crippen molar-refractivity contribution in [2.45, 2.75) is 58.0 Å². The van der Waals surface area contributed by atoms with Crippen molar-refractivity contribution in [2.24, 2.45) is 5.92 Å². The molecule has 4 nitrogen and oxygen atoms in total. The molecule has 1 N–H and O–H groups in total. The number of carbonyl (C=O) groups is 1.